The number of amides is 1. The van der Waals surface area contributed by atoms with E-state index in [0.717, 1.165) is 19.4 Å². The molecule has 1 aromatic carbocycles. The van der Waals surface area contributed by atoms with E-state index in [1.807, 2.05) is 18.2 Å². The third-order valence-electron chi connectivity index (χ3n) is 3.92. The quantitative estimate of drug-likeness (QED) is 0.553. The summed E-state index contributed by atoms with van der Waals surface area (Å²) in [7, 11) is 3.48. The topological polar surface area (TPSA) is 56.7 Å². The van der Waals surface area contributed by atoms with Crippen LogP contribution in [0.15, 0.2) is 47.5 Å². The van der Waals surface area contributed by atoms with Gasteiger partial charge in [-0.25, -0.2) is 4.99 Å². The van der Waals surface area contributed by atoms with E-state index < -0.39 is 0 Å². The zero-order valence-electron chi connectivity index (χ0n) is 15.8. The van der Waals surface area contributed by atoms with Gasteiger partial charge in [-0.3, -0.25) is 4.79 Å². The lowest BCUT2D eigenvalue weighted by Crippen LogP contribution is -2.39. The number of aryl methyl sites for hydroxylation is 1. The highest BCUT2D eigenvalue weighted by molar-refractivity contribution is 7.11. The first kappa shape index (κ1) is 20.0. The molecule has 26 heavy (non-hydrogen) atoms. The van der Waals surface area contributed by atoms with Crippen LogP contribution in [0.5, 0.6) is 0 Å². The van der Waals surface area contributed by atoms with Gasteiger partial charge in [0, 0.05) is 30.4 Å². The van der Waals surface area contributed by atoms with E-state index in [1.165, 1.54) is 15.3 Å². The fourth-order valence-electron chi connectivity index (χ4n) is 2.31. The van der Waals surface area contributed by atoms with E-state index in [4.69, 9.17) is 0 Å². The van der Waals surface area contributed by atoms with Crippen LogP contribution in [0.25, 0.3) is 0 Å². The van der Waals surface area contributed by atoms with Crippen molar-refractivity contribution in [2.45, 2.75) is 26.3 Å². The summed E-state index contributed by atoms with van der Waals surface area (Å²) in [6, 6.07) is 14.6. The second-order valence-electron chi connectivity index (χ2n) is 6.19. The molecule has 0 saturated heterocycles. The lowest BCUT2D eigenvalue weighted by Gasteiger charge is -2.13. The van der Waals surface area contributed by atoms with Gasteiger partial charge in [0.2, 0.25) is 5.91 Å². The molecule has 1 heterocycles. The van der Waals surface area contributed by atoms with Gasteiger partial charge in [0.25, 0.3) is 0 Å². The summed E-state index contributed by atoms with van der Waals surface area (Å²) >= 11 is 1.80. The minimum absolute atomic E-state index is 0.0152. The molecule has 1 amide bonds. The van der Waals surface area contributed by atoms with Crippen molar-refractivity contribution in [1.82, 2.24) is 15.5 Å². The van der Waals surface area contributed by atoms with E-state index in [-0.39, 0.29) is 12.5 Å². The summed E-state index contributed by atoms with van der Waals surface area (Å²) in [6.07, 6.45) is 1.96. The highest BCUT2D eigenvalue weighted by Crippen LogP contribution is 2.16. The van der Waals surface area contributed by atoms with Crippen LogP contribution in [0.2, 0.25) is 0 Å². The minimum Gasteiger partial charge on any atom is -0.356 e. The van der Waals surface area contributed by atoms with Crippen molar-refractivity contribution in [2.75, 3.05) is 27.2 Å². The number of hydrogen-bond acceptors (Lipinski definition) is 3. The monoisotopic (exact) mass is 372 g/mol. The Balaban J connectivity index is 1.91. The van der Waals surface area contributed by atoms with Crippen LogP contribution in [0, 0.1) is 0 Å². The lowest BCUT2D eigenvalue weighted by molar-refractivity contribution is -0.127. The second-order valence-corrected chi connectivity index (χ2v) is 7.44. The van der Waals surface area contributed by atoms with Gasteiger partial charge < -0.3 is 15.5 Å². The maximum atomic E-state index is 11.8. The molecule has 0 bridgehead atoms. The standard InChI is InChI=1S/C20H28N4OS/c1-4-17-10-11-18(26-17)14-22-20(23-15-19(25)24(2)3)21-13-12-16-8-6-5-7-9-16/h5-11H,4,12-15H2,1-3H3,(H2,21,22,23). The summed E-state index contributed by atoms with van der Waals surface area (Å²) in [5.74, 6) is 0.654. The van der Waals surface area contributed by atoms with E-state index in [2.05, 4.69) is 46.8 Å². The molecule has 2 aromatic rings. The van der Waals surface area contributed by atoms with Crippen LogP contribution in [0.4, 0.5) is 0 Å². The Bertz CT molecular complexity index is 710. The lowest BCUT2D eigenvalue weighted by atomic mass is 10.1. The van der Waals surface area contributed by atoms with Gasteiger partial charge in [-0.2, -0.15) is 0 Å². The molecule has 0 aliphatic carbocycles. The van der Waals surface area contributed by atoms with Gasteiger partial charge in [0.05, 0.1) is 6.54 Å². The number of carbonyl (C=O) groups excluding carboxylic acids is 1. The first-order valence-corrected chi connectivity index (χ1v) is 9.74. The molecule has 2 rings (SSSR count). The summed E-state index contributed by atoms with van der Waals surface area (Å²) in [5.41, 5.74) is 1.27. The minimum atomic E-state index is -0.0152. The van der Waals surface area contributed by atoms with Gasteiger partial charge in [-0.05, 0) is 30.5 Å². The molecule has 0 aliphatic rings. The zero-order chi connectivity index (χ0) is 18.8. The second kappa shape index (κ2) is 10.6. The van der Waals surface area contributed by atoms with Crippen molar-refractivity contribution < 1.29 is 4.79 Å². The Morgan fingerprint density at radius 1 is 1.08 bits per heavy atom. The van der Waals surface area contributed by atoms with E-state index >= 15 is 0 Å². The van der Waals surface area contributed by atoms with Crippen molar-refractivity contribution >= 4 is 23.2 Å². The van der Waals surface area contributed by atoms with Crippen LogP contribution in [-0.2, 0) is 24.2 Å². The smallest absolute Gasteiger partial charge is 0.243 e. The van der Waals surface area contributed by atoms with Gasteiger partial charge in [0.1, 0.15) is 6.54 Å². The Kier molecular flexibility index (Phi) is 8.15. The number of nitrogens with zero attached hydrogens (tertiary/aromatic N) is 2. The number of guanidine groups is 1. The molecule has 0 saturated carbocycles. The number of hydrogen-bond donors (Lipinski definition) is 2. The molecule has 1 aromatic heterocycles. The number of nitrogens with one attached hydrogen (secondary N) is 2. The molecule has 0 unspecified atom stereocenters. The molecule has 0 fully saturated rings. The van der Waals surface area contributed by atoms with Crippen LogP contribution in [0.1, 0.15) is 22.2 Å². The van der Waals surface area contributed by atoms with Crippen molar-refractivity contribution in [3.05, 3.63) is 57.8 Å². The van der Waals surface area contributed by atoms with E-state index in [9.17, 15) is 4.79 Å². The third-order valence-corrected chi connectivity index (χ3v) is 5.15. The van der Waals surface area contributed by atoms with Gasteiger partial charge in [-0.15, -0.1) is 11.3 Å². The first-order valence-electron chi connectivity index (χ1n) is 8.92. The molecule has 6 heteroatoms. The van der Waals surface area contributed by atoms with Crippen LogP contribution < -0.4 is 10.6 Å². The summed E-state index contributed by atoms with van der Waals surface area (Å²) in [4.78, 5) is 20.4. The Morgan fingerprint density at radius 3 is 2.46 bits per heavy atom. The molecule has 140 valence electrons. The molecule has 2 N–H and O–H groups in total. The summed E-state index contributed by atoms with van der Waals surface area (Å²) in [5, 5.41) is 6.66. The van der Waals surface area contributed by atoms with Crippen molar-refractivity contribution in [2.24, 2.45) is 4.99 Å². The molecular weight excluding hydrogens is 344 g/mol. The molecule has 0 spiro atoms. The van der Waals surface area contributed by atoms with Crippen molar-refractivity contribution in [3.63, 3.8) is 0 Å². The Morgan fingerprint density at radius 2 is 1.81 bits per heavy atom. The van der Waals surface area contributed by atoms with E-state index in [0.29, 0.717) is 12.5 Å². The molecular formula is C20H28N4OS. The fraction of sp³-hybridized carbons (Fsp3) is 0.400. The fourth-order valence-corrected chi connectivity index (χ4v) is 3.21. The number of likely N-dealkylation sites (N-methyl/N-ethyl adjacent to an activating group) is 1. The Labute approximate surface area is 160 Å². The largest absolute Gasteiger partial charge is 0.356 e. The SMILES string of the molecule is CCc1ccc(CNC(=NCC(=O)N(C)C)NCCc2ccccc2)s1. The van der Waals surface area contributed by atoms with Crippen LogP contribution >= 0.6 is 11.3 Å². The molecule has 0 radical (unpaired) electrons. The maximum absolute atomic E-state index is 11.8. The van der Waals surface area contributed by atoms with Gasteiger partial charge >= 0.3 is 0 Å². The maximum Gasteiger partial charge on any atom is 0.243 e. The normalized spacial score (nSPS) is 11.3. The van der Waals surface area contributed by atoms with Crippen molar-refractivity contribution in [3.8, 4) is 0 Å². The van der Waals surface area contributed by atoms with Gasteiger partial charge in [-0.1, -0.05) is 37.3 Å². The predicted octanol–water partition coefficient (Wildman–Crippen LogP) is 2.68. The first-order chi connectivity index (χ1) is 12.6. The molecule has 0 aliphatic heterocycles. The Hall–Kier alpha value is -2.34. The number of thiophene rings is 1. The van der Waals surface area contributed by atoms with Crippen LogP contribution in [0.3, 0.4) is 0 Å². The highest BCUT2D eigenvalue weighted by atomic mass is 32.1. The average molecular weight is 373 g/mol. The average Bonchev–Trinajstić information content (AvgIpc) is 3.12. The number of carbonyl (C=O) groups is 1. The number of rotatable bonds is 8. The summed E-state index contributed by atoms with van der Waals surface area (Å²) < 4.78 is 0. The van der Waals surface area contributed by atoms with Crippen LogP contribution in [-0.4, -0.2) is 44.0 Å². The molecule has 5 nitrogen and oxygen atoms in total. The summed E-state index contributed by atoms with van der Waals surface area (Å²) in [6.45, 7) is 3.76. The predicted molar refractivity (Wildman–Crippen MR) is 110 cm³/mol. The highest BCUT2D eigenvalue weighted by Gasteiger charge is 2.06. The van der Waals surface area contributed by atoms with Crippen molar-refractivity contribution in [1.29, 1.82) is 0 Å². The van der Waals surface area contributed by atoms with Gasteiger partial charge in [0.15, 0.2) is 5.96 Å². The number of benzene rings is 1. The zero-order valence-corrected chi connectivity index (χ0v) is 16.6. The van der Waals surface area contributed by atoms with E-state index in [1.54, 1.807) is 30.3 Å². The third kappa shape index (κ3) is 6.88. The number of aliphatic imine (C=N–C) groups is 1. The molecule has 0 atom stereocenters.